The number of nitrogens with zero attached hydrogens (tertiary/aromatic N) is 5. The Morgan fingerprint density at radius 3 is 2.70 bits per heavy atom. The van der Waals surface area contributed by atoms with Crippen LogP contribution in [0.2, 0.25) is 0 Å². The Kier molecular flexibility index (Phi) is 5.44. The van der Waals surface area contributed by atoms with Gasteiger partial charge in [0.25, 0.3) is 0 Å². The van der Waals surface area contributed by atoms with E-state index in [1.165, 1.54) is 0 Å². The van der Waals surface area contributed by atoms with E-state index in [0.29, 0.717) is 0 Å². The molecule has 0 aliphatic carbocycles. The number of rotatable bonds is 2. The topological polar surface area (TPSA) is 48.0 Å². The summed E-state index contributed by atoms with van der Waals surface area (Å²) in [6.07, 6.45) is 10.8. The molecule has 9 heteroatoms. The lowest BCUT2D eigenvalue weighted by molar-refractivity contribution is 0.878. The van der Waals surface area contributed by atoms with Crippen molar-refractivity contribution in [3.8, 4) is 0 Å². The summed E-state index contributed by atoms with van der Waals surface area (Å²) in [6, 6.07) is 0. The predicted octanol–water partition coefficient (Wildman–Crippen LogP) is 3.79. The third-order valence-corrected chi connectivity index (χ3v) is 3.65. The van der Waals surface area contributed by atoms with Gasteiger partial charge in [-0.05, 0) is 34.7 Å². The molecule has 0 saturated heterocycles. The zero-order valence-corrected chi connectivity index (χ0v) is 13.9. The van der Waals surface area contributed by atoms with Gasteiger partial charge in [0, 0.05) is 24.8 Å². The van der Waals surface area contributed by atoms with Gasteiger partial charge in [0.1, 0.15) is 9.63 Å². The summed E-state index contributed by atoms with van der Waals surface area (Å²) in [5.41, 5.74) is 1.88. The molecular formula is C11H11BrFN5S2. The maximum absolute atomic E-state index is 11.6. The minimum Gasteiger partial charge on any atom is -0.302 e. The van der Waals surface area contributed by atoms with E-state index >= 15 is 0 Å². The largest absolute Gasteiger partial charge is 0.302 e. The van der Waals surface area contributed by atoms with E-state index in [1.54, 1.807) is 30.4 Å². The quantitative estimate of drug-likeness (QED) is 0.637. The van der Waals surface area contributed by atoms with Crippen molar-refractivity contribution >= 4 is 45.7 Å². The molecule has 0 aliphatic rings. The van der Waals surface area contributed by atoms with Gasteiger partial charge >= 0.3 is 0 Å². The van der Waals surface area contributed by atoms with Crippen molar-refractivity contribution in [3.05, 3.63) is 41.2 Å². The van der Waals surface area contributed by atoms with Crippen LogP contribution in [0.4, 0.5) is 3.89 Å². The second-order valence-electron chi connectivity index (χ2n) is 3.72. The fraction of sp³-hybridized carbons (Fsp3) is 0.182. The number of thioether (sulfide) groups is 1. The van der Waals surface area contributed by atoms with Crippen LogP contribution in [0.15, 0.2) is 40.6 Å². The highest BCUT2D eigenvalue weighted by Gasteiger charge is 2.03. The number of hydrogen-bond donors (Lipinski definition) is 0. The summed E-state index contributed by atoms with van der Waals surface area (Å²) in [4.78, 5) is 8.48. The third-order valence-electron chi connectivity index (χ3n) is 2.27. The number of aryl methyl sites for hydroxylation is 1. The van der Waals surface area contributed by atoms with Gasteiger partial charge in [-0.2, -0.15) is 9.19 Å². The van der Waals surface area contributed by atoms with Crippen LogP contribution in [0.1, 0.15) is 5.56 Å². The first-order chi connectivity index (χ1) is 9.63. The molecule has 5 nitrogen and oxygen atoms in total. The summed E-state index contributed by atoms with van der Waals surface area (Å²) in [7, 11) is 0. The van der Waals surface area contributed by atoms with E-state index in [1.807, 2.05) is 30.0 Å². The van der Waals surface area contributed by atoms with Crippen LogP contribution in [0, 0.1) is 6.92 Å². The van der Waals surface area contributed by atoms with Gasteiger partial charge in [0.15, 0.2) is 18.0 Å². The van der Waals surface area contributed by atoms with Crippen LogP contribution in [0.25, 0.3) is 5.65 Å². The number of fused-ring (bicyclic) bond motifs is 1. The zero-order valence-electron chi connectivity index (χ0n) is 10.7. The first-order valence-electron chi connectivity index (χ1n) is 5.47. The lowest BCUT2D eigenvalue weighted by atomic mass is 10.4. The van der Waals surface area contributed by atoms with Gasteiger partial charge in [-0.1, -0.05) is 0 Å². The van der Waals surface area contributed by atoms with Crippen molar-refractivity contribution in [3.63, 3.8) is 0 Å². The van der Waals surface area contributed by atoms with E-state index in [4.69, 9.17) is 0 Å². The van der Waals surface area contributed by atoms with Crippen LogP contribution < -0.4 is 0 Å². The van der Waals surface area contributed by atoms with E-state index < -0.39 is 0 Å². The van der Waals surface area contributed by atoms with Gasteiger partial charge in [-0.15, -0.1) is 15.6 Å². The molecule has 3 rings (SSSR count). The summed E-state index contributed by atoms with van der Waals surface area (Å²) < 4.78 is 15.5. The average molecular weight is 376 g/mol. The van der Waals surface area contributed by atoms with Crippen LogP contribution >= 0.6 is 40.0 Å². The zero-order chi connectivity index (χ0) is 14.5. The maximum Gasteiger partial charge on any atom is 0.187 e. The molecular weight excluding hydrogens is 365 g/mol. The molecule has 0 fully saturated rings. The number of imidazole rings is 1. The molecule has 3 aromatic rings. The lowest BCUT2D eigenvalue weighted by Gasteiger charge is -1.99. The minimum absolute atomic E-state index is 0.0952. The Labute approximate surface area is 132 Å². The van der Waals surface area contributed by atoms with E-state index in [0.717, 1.165) is 24.9 Å². The van der Waals surface area contributed by atoms with Crippen LogP contribution in [0.3, 0.4) is 0 Å². The van der Waals surface area contributed by atoms with Gasteiger partial charge in [-0.3, -0.25) is 0 Å². The first-order valence-corrected chi connectivity index (χ1v) is 8.16. The Morgan fingerprint density at radius 1 is 1.35 bits per heavy atom. The molecule has 106 valence electrons. The minimum atomic E-state index is 0.0952. The highest BCUT2D eigenvalue weighted by Crippen LogP contribution is 2.19. The Hall–Kier alpha value is -1.06. The average Bonchev–Trinajstić information content (AvgIpc) is 3.06. The molecule has 0 radical (unpaired) electrons. The lowest BCUT2D eigenvalue weighted by Crippen LogP contribution is -1.90. The molecule has 0 bridgehead atoms. The van der Waals surface area contributed by atoms with Crippen molar-refractivity contribution < 1.29 is 3.89 Å². The van der Waals surface area contributed by atoms with E-state index in [9.17, 15) is 3.89 Å². The normalized spacial score (nSPS) is 10.4. The SMILES string of the molecule is CSc1nc(Br)cn2ccnc12.Cc1cnn(SF)c1. The molecule has 0 aromatic carbocycles. The molecule has 0 aliphatic heterocycles. The van der Waals surface area contributed by atoms with Gasteiger partial charge in [-0.25, -0.2) is 9.97 Å². The van der Waals surface area contributed by atoms with Gasteiger partial charge in [0.2, 0.25) is 0 Å². The maximum atomic E-state index is 11.6. The number of aromatic nitrogens is 5. The highest BCUT2D eigenvalue weighted by molar-refractivity contribution is 9.10. The van der Waals surface area contributed by atoms with Crippen molar-refractivity contribution in [2.24, 2.45) is 0 Å². The molecule has 3 heterocycles. The Morgan fingerprint density at radius 2 is 2.15 bits per heavy atom. The molecule has 0 unspecified atom stereocenters. The molecule has 3 aromatic heterocycles. The van der Waals surface area contributed by atoms with Crippen molar-refractivity contribution in [1.29, 1.82) is 0 Å². The Balaban J connectivity index is 0.000000160. The molecule has 0 saturated carbocycles. The van der Waals surface area contributed by atoms with Crippen molar-refractivity contribution in [1.82, 2.24) is 23.6 Å². The summed E-state index contributed by atoms with van der Waals surface area (Å²) >= 11 is 5.02. The smallest absolute Gasteiger partial charge is 0.187 e. The third kappa shape index (κ3) is 3.74. The van der Waals surface area contributed by atoms with E-state index in [-0.39, 0.29) is 12.3 Å². The van der Waals surface area contributed by atoms with Crippen LogP contribution in [-0.4, -0.2) is 29.8 Å². The van der Waals surface area contributed by atoms with Crippen molar-refractivity contribution in [2.45, 2.75) is 11.9 Å². The van der Waals surface area contributed by atoms with Crippen LogP contribution in [-0.2, 0) is 0 Å². The predicted molar refractivity (Wildman–Crippen MR) is 83.5 cm³/mol. The first kappa shape index (κ1) is 15.3. The molecule has 0 N–H and O–H groups in total. The van der Waals surface area contributed by atoms with Gasteiger partial charge in [0.05, 0.1) is 6.20 Å². The van der Waals surface area contributed by atoms with E-state index in [2.05, 4.69) is 31.0 Å². The molecule has 0 spiro atoms. The molecule has 20 heavy (non-hydrogen) atoms. The Bertz CT molecular complexity index is 699. The molecule has 0 amide bonds. The summed E-state index contributed by atoms with van der Waals surface area (Å²) in [6.45, 7) is 1.86. The monoisotopic (exact) mass is 375 g/mol. The second kappa shape index (κ2) is 7.09. The standard InChI is InChI=1S/C7H6BrN3S.C4H5FN2S/c1-12-7-6-9-2-3-11(6)4-5(8)10-7;1-4-2-6-7(3-4)8-5/h2-4H,1H3;2-3H,1H3. The van der Waals surface area contributed by atoms with Crippen molar-refractivity contribution in [2.75, 3.05) is 6.26 Å². The second-order valence-corrected chi connectivity index (χ2v) is 5.84. The number of hydrogen-bond acceptors (Lipinski definition) is 5. The fourth-order valence-corrected chi connectivity index (χ4v) is 2.77. The summed E-state index contributed by atoms with van der Waals surface area (Å²) in [5.74, 6) is 0. The number of halogens is 2. The fourth-order valence-electron chi connectivity index (χ4n) is 1.44. The van der Waals surface area contributed by atoms with Crippen LogP contribution in [0.5, 0.6) is 0 Å². The molecule has 0 atom stereocenters. The highest BCUT2D eigenvalue weighted by atomic mass is 79.9. The van der Waals surface area contributed by atoms with Gasteiger partial charge < -0.3 is 4.40 Å². The summed E-state index contributed by atoms with van der Waals surface area (Å²) in [5, 5.41) is 4.58.